The Bertz CT molecular complexity index is 1210. The van der Waals surface area contributed by atoms with E-state index in [4.69, 9.17) is 4.98 Å². The number of nitrogens with zero attached hydrogens (tertiary/aromatic N) is 2. The fourth-order valence-corrected chi connectivity index (χ4v) is 4.31. The molecule has 2 N–H and O–H groups in total. The molecule has 1 aromatic carbocycles. The summed E-state index contributed by atoms with van der Waals surface area (Å²) in [5.41, 5.74) is 8.89. The number of amides is 1. The Kier molecular flexibility index (Phi) is 3.41. The van der Waals surface area contributed by atoms with Crippen LogP contribution >= 0.6 is 0 Å². The van der Waals surface area contributed by atoms with Gasteiger partial charge >= 0.3 is 0 Å². The lowest BCUT2D eigenvalue weighted by molar-refractivity contribution is -0.121. The number of H-pyrrole nitrogens is 1. The molecule has 0 saturated heterocycles. The van der Waals surface area contributed by atoms with Crippen molar-refractivity contribution in [2.45, 2.75) is 39.7 Å². The van der Waals surface area contributed by atoms with E-state index in [1.807, 2.05) is 6.07 Å². The molecule has 1 aliphatic rings. The zero-order valence-corrected chi connectivity index (χ0v) is 15.8. The monoisotopic (exact) mass is 358 g/mol. The summed E-state index contributed by atoms with van der Waals surface area (Å²) in [6.45, 7) is 6.80. The van der Waals surface area contributed by atoms with E-state index in [2.05, 4.69) is 65.9 Å². The number of fused-ring (bicyclic) bond motifs is 4. The molecule has 1 aliphatic heterocycles. The summed E-state index contributed by atoms with van der Waals surface area (Å²) in [4.78, 5) is 20.8. The van der Waals surface area contributed by atoms with Gasteiger partial charge in [0.1, 0.15) is 5.65 Å². The number of aromatic nitrogens is 3. The van der Waals surface area contributed by atoms with Crippen LogP contribution in [0.3, 0.4) is 0 Å². The fourth-order valence-electron chi connectivity index (χ4n) is 4.31. The van der Waals surface area contributed by atoms with Crippen LogP contribution in [0.15, 0.2) is 36.5 Å². The number of hydrogen-bond donors (Lipinski definition) is 2. The van der Waals surface area contributed by atoms with Crippen molar-refractivity contribution in [2.24, 2.45) is 0 Å². The average Bonchev–Trinajstić information content (AvgIpc) is 3.09. The number of imidazole rings is 1. The normalized spacial score (nSPS) is 17.1. The minimum Gasteiger partial charge on any atom is -0.358 e. The van der Waals surface area contributed by atoms with Crippen molar-refractivity contribution in [3.8, 4) is 0 Å². The highest BCUT2D eigenvalue weighted by atomic mass is 16.1. The van der Waals surface area contributed by atoms with Gasteiger partial charge in [0, 0.05) is 35.1 Å². The van der Waals surface area contributed by atoms with Crippen molar-refractivity contribution in [3.05, 3.63) is 70.3 Å². The first-order valence-corrected chi connectivity index (χ1v) is 9.35. The second-order valence-corrected chi connectivity index (χ2v) is 7.56. The third-order valence-electron chi connectivity index (χ3n) is 5.80. The van der Waals surface area contributed by atoms with Crippen molar-refractivity contribution >= 4 is 22.5 Å². The Balaban J connectivity index is 1.82. The van der Waals surface area contributed by atoms with Gasteiger partial charge < -0.3 is 14.7 Å². The smallest absolute Gasteiger partial charge is 0.221 e. The number of hydrogen-bond acceptors (Lipinski definition) is 2. The minimum absolute atomic E-state index is 0.0413. The largest absolute Gasteiger partial charge is 0.358 e. The lowest BCUT2D eigenvalue weighted by Crippen LogP contribution is -2.21. The van der Waals surface area contributed by atoms with E-state index in [1.165, 1.54) is 22.2 Å². The first kappa shape index (κ1) is 16.1. The van der Waals surface area contributed by atoms with Gasteiger partial charge in [-0.25, -0.2) is 4.98 Å². The quantitative estimate of drug-likeness (QED) is 0.542. The molecule has 5 nitrogen and oxygen atoms in total. The second kappa shape index (κ2) is 5.71. The van der Waals surface area contributed by atoms with E-state index in [0.29, 0.717) is 13.0 Å². The van der Waals surface area contributed by atoms with Crippen molar-refractivity contribution in [1.29, 1.82) is 0 Å². The molecule has 136 valence electrons. The van der Waals surface area contributed by atoms with E-state index in [1.54, 1.807) is 0 Å². The van der Waals surface area contributed by atoms with Gasteiger partial charge in [0.05, 0.1) is 17.9 Å². The summed E-state index contributed by atoms with van der Waals surface area (Å²) in [5, 5.41) is 4.24. The number of carbonyl (C=O) groups is 1. The zero-order valence-electron chi connectivity index (χ0n) is 15.8. The predicted molar refractivity (Wildman–Crippen MR) is 106 cm³/mol. The summed E-state index contributed by atoms with van der Waals surface area (Å²) >= 11 is 0. The summed E-state index contributed by atoms with van der Waals surface area (Å²) in [6, 6.07) is 10.5. The molecule has 4 aromatic rings. The highest BCUT2D eigenvalue weighted by Crippen LogP contribution is 2.37. The minimum atomic E-state index is -0.0413. The van der Waals surface area contributed by atoms with Crippen molar-refractivity contribution < 1.29 is 4.79 Å². The van der Waals surface area contributed by atoms with E-state index in [0.717, 1.165) is 28.1 Å². The maximum Gasteiger partial charge on any atom is 0.221 e. The summed E-state index contributed by atoms with van der Waals surface area (Å²) in [6.07, 6.45) is 2.54. The molecule has 5 rings (SSSR count). The lowest BCUT2D eigenvalue weighted by atomic mass is 9.90. The van der Waals surface area contributed by atoms with Gasteiger partial charge in [0.25, 0.3) is 0 Å². The molecule has 0 spiro atoms. The van der Waals surface area contributed by atoms with Crippen LogP contribution in [0.2, 0.25) is 0 Å². The van der Waals surface area contributed by atoms with Gasteiger partial charge in [-0.1, -0.05) is 24.3 Å². The van der Waals surface area contributed by atoms with E-state index < -0.39 is 0 Å². The number of aromatic amines is 1. The molecule has 1 amide bonds. The number of pyridine rings is 1. The Morgan fingerprint density at radius 1 is 1.15 bits per heavy atom. The molecule has 5 heteroatoms. The highest BCUT2D eigenvalue weighted by molar-refractivity contribution is 5.89. The third kappa shape index (κ3) is 2.38. The number of nitrogens with one attached hydrogen (secondary N) is 2. The van der Waals surface area contributed by atoms with Gasteiger partial charge in [-0.2, -0.15) is 0 Å². The molecule has 4 heterocycles. The number of rotatable bonds is 1. The van der Waals surface area contributed by atoms with Crippen LogP contribution in [0.1, 0.15) is 46.1 Å². The highest BCUT2D eigenvalue weighted by Gasteiger charge is 2.30. The van der Waals surface area contributed by atoms with Gasteiger partial charge in [-0.05, 0) is 43.5 Å². The summed E-state index contributed by atoms with van der Waals surface area (Å²) in [5.74, 6) is 0.0249. The molecule has 0 saturated carbocycles. The van der Waals surface area contributed by atoms with Crippen molar-refractivity contribution in [1.82, 2.24) is 19.7 Å². The maximum atomic E-state index is 12.5. The predicted octanol–water partition coefficient (Wildman–Crippen LogP) is 3.89. The Morgan fingerprint density at radius 2 is 2.00 bits per heavy atom. The topological polar surface area (TPSA) is 62.2 Å². The van der Waals surface area contributed by atoms with E-state index in [9.17, 15) is 4.79 Å². The molecular weight excluding hydrogens is 336 g/mol. The number of carbonyl (C=O) groups excluding carboxylic acids is 1. The van der Waals surface area contributed by atoms with Gasteiger partial charge in [-0.3, -0.25) is 4.79 Å². The van der Waals surface area contributed by atoms with E-state index >= 15 is 0 Å². The first-order chi connectivity index (χ1) is 13.0. The van der Waals surface area contributed by atoms with Gasteiger partial charge in [-0.15, -0.1) is 0 Å². The molecule has 0 fully saturated rings. The number of aryl methyl sites for hydroxylation is 3. The maximum absolute atomic E-state index is 12.5. The molecular formula is C22H22N4O. The molecule has 0 radical (unpaired) electrons. The van der Waals surface area contributed by atoms with Crippen molar-refractivity contribution in [3.63, 3.8) is 0 Å². The van der Waals surface area contributed by atoms with E-state index in [-0.39, 0.29) is 11.8 Å². The van der Waals surface area contributed by atoms with Crippen LogP contribution in [0.5, 0.6) is 0 Å². The van der Waals surface area contributed by atoms with Gasteiger partial charge in [0.15, 0.2) is 0 Å². The standard InChI is InChI=1S/C22H22N4O/c1-12-7-8-19-25-18-10-23-20(27)9-17(22(18)26(19)11-12)16-6-4-5-15-13(2)14(3)24-21(15)16/h4-8,11,17,24H,9-10H2,1-3H3,(H,23,27)/t17-/m0/s1. The van der Waals surface area contributed by atoms with Crippen LogP contribution < -0.4 is 5.32 Å². The van der Waals surface area contributed by atoms with Crippen LogP contribution in [0.4, 0.5) is 0 Å². The lowest BCUT2D eigenvalue weighted by Gasteiger charge is -2.17. The Labute approximate surface area is 157 Å². The zero-order chi connectivity index (χ0) is 18.7. The molecule has 0 bridgehead atoms. The first-order valence-electron chi connectivity index (χ1n) is 9.35. The average molecular weight is 358 g/mol. The van der Waals surface area contributed by atoms with Crippen LogP contribution in [-0.4, -0.2) is 20.3 Å². The second-order valence-electron chi connectivity index (χ2n) is 7.56. The third-order valence-corrected chi connectivity index (χ3v) is 5.80. The molecule has 27 heavy (non-hydrogen) atoms. The molecule has 3 aromatic heterocycles. The summed E-state index contributed by atoms with van der Waals surface area (Å²) in [7, 11) is 0. The fraction of sp³-hybridized carbons (Fsp3) is 0.273. The Hall–Kier alpha value is -3.08. The molecule has 0 unspecified atom stereocenters. The van der Waals surface area contributed by atoms with Crippen molar-refractivity contribution in [2.75, 3.05) is 0 Å². The number of para-hydroxylation sites is 1. The van der Waals surface area contributed by atoms with Crippen LogP contribution in [0, 0.1) is 20.8 Å². The number of benzene rings is 1. The van der Waals surface area contributed by atoms with Crippen LogP contribution in [-0.2, 0) is 11.3 Å². The van der Waals surface area contributed by atoms with Gasteiger partial charge in [0.2, 0.25) is 5.91 Å². The SMILES string of the molecule is Cc1ccc2nc3c(n2c1)[C@H](c1cccc2c(C)c(C)[nH]c12)CC(=O)NC3. The Morgan fingerprint density at radius 3 is 2.85 bits per heavy atom. The molecule has 1 atom stereocenters. The van der Waals surface area contributed by atoms with Crippen LogP contribution in [0.25, 0.3) is 16.6 Å². The molecule has 0 aliphatic carbocycles. The summed E-state index contributed by atoms with van der Waals surface area (Å²) < 4.78 is 2.16.